The predicted octanol–water partition coefficient (Wildman–Crippen LogP) is 4.26. The number of benzene rings is 3. The molecule has 7 nitrogen and oxygen atoms in total. The van der Waals surface area contributed by atoms with Gasteiger partial charge in [-0.05, 0) is 48.4 Å². The Labute approximate surface area is 219 Å². The Balaban J connectivity index is 1.54. The zero-order valence-electron chi connectivity index (χ0n) is 20.4. The Bertz CT molecular complexity index is 1380. The van der Waals surface area contributed by atoms with Crippen LogP contribution < -0.4 is 20.5 Å². The van der Waals surface area contributed by atoms with E-state index in [1.165, 1.54) is 0 Å². The lowest BCUT2D eigenvalue weighted by molar-refractivity contribution is -0.137. The van der Waals surface area contributed by atoms with Crippen LogP contribution in [0, 0.1) is 0 Å². The number of nitrogens with one attached hydrogen (secondary N) is 2. The van der Waals surface area contributed by atoms with E-state index in [2.05, 4.69) is 10.0 Å². The van der Waals surface area contributed by atoms with Gasteiger partial charge in [-0.2, -0.15) is 13.2 Å². The van der Waals surface area contributed by atoms with Crippen molar-refractivity contribution in [2.75, 3.05) is 13.2 Å². The molecule has 0 saturated heterocycles. The SMILES string of the molecule is NCCc1ccc2c(c1)OCCC2NC(=O)CC(NS(=O)(=O)c1cccc(C(F)(F)F)c1)c1ccccc1. The lowest BCUT2D eigenvalue weighted by atomic mass is 9.97. The van der Waals surface area contributed by atoms with Crippen LogP contribution in [0.2, 0.25) is 0 Å². The first kappa shape index (κ1) is 27.6. The molecule has 2 atom stereocenters. The van der Waals surface area contributed by atoms with Crippen LogP contribution >= 0.6 is 0 Å². The van der Waals surface area contributed by atoms with Crippen molar-refractivity contribution in [1.29, 1.82) is 0 Å². The number of nitrogens with two attached hydrogens (primary N) is 1. The minimum absolute atomic E-state index is 0.264. The molecule has 0 fully saturated rings. The van der Waals surface area contributed by atoms with Gasteiger partial charge in [0.05, 0.1) is 29.1 Å². The van der Waals surface area contributed by atoms with Crippen LogP contribution in [0.3, 0.4) is 0 Å². The first-order chi connectivity index (χ1) is 18.1. The number of halogens is 3. The van der Waals surface area contributed by atoms with Gasteiger partial charge < -0.3 is 15.8 Å². The van der Waals surface area contributed by atoms with Gasteiger partial charge in [0.2, 0.25) is 15.9 Å². The van der Waals surface area contributed by atoms with Crippen molar-refractivity contribution in [2.24, 2.45) is 5.73 Å². The highest BCUT2D eigenvalue weighted by molar-refractivity contribution is 7.89. The van der Waals surface area contributed by atoms with Crippen LogP contribution in [0.4, 0.5) is 13.2 Å². The molecule has 0 aliphatic carbocycles. The van der Waals surface area contributed by atoms with E-state index in [9.17, 15) is 26.4 Å². The van der Waals surface area contributed by atoms with Crippen molar-refractivity contribution >= 4 is 15.9 Å². The maximum Gasteiger partial charge on any atom is 0.416 e. The third-order valence-electron chi connectivity index (χ3n) is 6.25. The van der Waals surface area contributed by atoms with Gasteiger partial charge in [0, 0.05) is 18.4 Å². The molecule has 1 amide bonds. The molecule has 3 aromatic carbocycles. The van der Waals surface area contributed by atoms with Gasteiger partial charge in [-0.15, -0.1) is 0 Å². The minimum Gasteiger partial charge on any atom is -0.493 e. The standard InChI is InChI=1S/C27H28F3N3O4S/c28-27(29,30)20-7-4-8-21(16-20)38(35,36)33-24(19-5-2-1-3-6-19)17-26(34)32-23-12-14-37-25-15-18(11-13-31)9-10-22(23)25/h1-10,15-16,23-24,33H,11-14,17,31H2,(H,32,34). The number of alkyl halides is 3. The molecule has 3 aromatic rings. The Morgan fingerprint density at radius 2 is 1.82 bits per heavy atom. The smallest absolute Gasteiger partial charge is 0.416 e. The van der Waals surface area contributed by atoms with E-state index in [0.29, 0.717) is 43.4 Å². The van der Waals surface area contributed by atoms with E-state index in [4.69, 9.17) is 10.5 Å². The van der Waals surface area contributed by atoms with Crippen LogP contribution in [0.1, 0.15) is 47.2 Å². The van der Waals surface area contributed by atoms with Gasteiger partial charge in [-0.25, -0.2) is 13.1 Å². The summed E-state index contributed by atoms with van der Waals surface area (Å²) in [6.07, 6.45) is -3.74. The molecule has 0 spiro atoms. The number of fused-ring (bicyclic) bond motifs is 1. The van der Waals surface area contributed by atoms with Crippen LogP contribution in [0.15, 0.2) is 77.7 Å². The third-order valence-corrected chi connectivity index (χ3v) is 7.72. The second-order valence-electron chi connectivity index (χ2n) is 8.98. The van der Waals surface area contributed by atoms with Crippen molar-refractivity contribution in [3.05, 3.63) is 95.1 Å². The summed E-state index contributed by atoms with van der Waals surface area (Å²) in [5.74, 6) is 0.242. The molecule has 0 saturated carbocycles. The van der Waals surface area contributed by atoms with Crippen LogP contribution in [-0.2, 0) is 27.4 Å². The van der Waals surface area contributed by atoms with Crippen LogP contribution in [0.25, 0.3) is 0 Å². The molecule has 11 heteroatoms. The van der Waals surface area contributed by atoms with Gasteiger partial charge in [-0.3, -0.25) is 4.79 Å². The molecule has 1 aliphatic heterocycles. The molecule has 4 N–H and O–H groups in total. The second kappa shape index (κ2) is 11.5. The molecular formula is C27H28F3N3O4S. The maximum atomic E-state index is 13.2. The van der Waals surface area contributed by atoms with E-state index in [0.717, 1.165) is 29.3 Å². The topological polar surface area (TPSA) is 111 Å². The maximum absolute atomic E-state index is 13.2. The van der Waals surface area contributed by atoms with Crippen molar-refractivity contribution in [2.45, 2.75) is 42.4 Å². The Hall–Kier alpha value is -3.41. The number of hydrogen-bond acceptors (Lipinski definition) is 5. The number of ether oxygens (including phenoxy) is 1. The molecule has 0 radical (unpaired) electrons. The summed E-state index contributed by atoms with van der Waals surface area (Å²) in [6.45, 7) is 0.893. The molecule has 1 heterocycles. The average Bonchev–Trinajstić information content (AvgIpc) is 2.88. The number of carbonyl (C=O) groups excluding carboxylic acids is 1. The van der Waals surface area contributed by atoms with Crippen LogP contribution in [-0.4, -0.2) is 27.5 Å². The first-order valence-electron chi connectivity index (χ1n) is 12.1. The number of amides is 1. The average molecular weight is 548 g/mol. The van der Waals surface area contributed by atoms with E-state index in [1.54, 1.807) is 30.3 Å². The molecule has 0 bridgehead atoms. The molecule has 2 unspecified atom stereocenters. The molecule has 4 rings (SSSR count). The highest BCUT2D eigenvalue weighted by Gasteiger charge is 2.33. The molecule has 0 aromatic heterocycles. The zero-order valence-corrected chi connectivity index (χ0v) is 21.2. The fourth-order valence-corrected chi connectivity index (χ4v) is 5.62. The summed E-state index contributed by atoms with van der Waals surface area (Å²) in [7, 11) is -4.39. The van der Waals surface area contributed by atoms with E-state index < -0.39 is 38.6 Å². The summed E-state index contributed by atoms with van der Waals surface area (Å²) >= 11 is 0. The molecule has 38 heavy (non-hydrogen) atoms. The lowest BCUT2D eigenvalue weighted by Gasteiger charge is -2.28. The van der Waals surface area contributed by atoms with E-state index in [1.807, 2.05) is 18.2 Å². The largest absolute Gasteiger partial charge is 0.493 e. The van der Waals surface area contributed by atoms with Crippen molar-refractivity contribution in [3.8, 4) is 5.75 Å². The summed E-state index contributed by atoms with van der Waals surface area (Å²) in [4.78, 5) is 12.6. The third kappa shape index (κ3) is 6.72. The monoisotopic (exact) mass is 547 g/mol. The van der Waals surface area contributed by atoms with Gasteiger partial charge >= 0.3 is 6.18 Å². The number of carbonyl (C=O) groups is 1. The molecule has 1 aliphatic rings. The fourth-order valence-electron chi connectivity index (χ4n) is 4.35. The predicted molar refractivity (Wildman–Crippen MR) is 136 cm³/mol. The van der Waals surface area contributed by atoms with Crippen molar-refractivity contribution < 1.29 is 31.1 Å². The molecular weight excluding hydrogens is 519 g/mol. The molecule has 202 valence electrons. The highest BCUT2D eigenvalue weighted by Crippen LogP contribution is 2.34. The summed E-state index contributed by atoms with van der Waals surface area (Å²) < 4.78 is 73.8. The Morgan fingerprint density at radius 3 is 2.53 bits per heavy atom. The van der Waals surface area contributed by atoms with Gasteiger partial charge in [0.1, 0.15) is 5.75 Å². The van der Waals surface area contributed by atoms with Gasteiger partial charge in [0.25, 0.3) is 0 Å². The highest BCUT2D eigenvalue weighted by atomic mass is 32.2. The van der Waals surface area contributed by atoms with E-state index in [-0.39, 0.29) is 12.5 Å². The summed E-state index contributed by atoms with van der Waals surface area (Å²) in [6, 6.07) is 16.2. The first-order valence-corrected chi connectivity index (χ1v) is 13.5. The van der Waals surface area contributed by atoms with E-state index >= 15 is 0 Å². The lowest BCUT2D eigenvalue weighted by Crippen LogP contribution is -2.36. The Kier molecular flexibility index (Phi) is 8.39. The minimum atomic E-state index is -4.70. The van der Waals surface area contributed by atoms with Crippen molar-refractivity contribution in [3.63, 3.8) is 0 Å². The van der Waals surface area contributed by atoms with Gasteiger partial charge in [-0.1, -0.05) is 48.5 Å². The second-order valence-corrected chi connectivity index (χ2v) is 10.7. The quantitative estimate of drug-likeness (QED) is 0.371. The number of hydrogen-bond donors (Lipinski definition) is 3. The van der Waals surface area contributed by atoms with Gasteiger partial charge in [0.15, 0.2) is 0 Å². The number of rotatable bonds is 9. The zero-order chi connectivity index (χ0) is 27.3. The summed E-state index contributed by atoms with van der Waals surface area (Å²) in [5, 5.41) is 2.95. The normalized spacial score (nSPS) is 16.3. The van der Waals surface area contributed by atoms with Crippen LogP contribution in [0.5, 0.6) is 5.75 Å². The number of sulfonamides is 1. The van der Waals surface area contributed by atoms with Crippen molar-refractivity contribution in [1.82, 2.24) is 10.0 Å². The Morgan fingerprint density at radius 1 is 1.05 bits per heavy atom. The summed E-state index contributed by atoms with van der Waals surface area (Å²) in [5.41, 5.74) is 6.88. The fraction of sp³-hybridized carbons (Fsp3) is 0.296.